The number of nitrogens with two attached hydrogens (primary N) is 1. The second-order valence-electron chi connectivity index (χ2n) is 4.39. The van der Waals surface area contributed by atoms with Crippen molar-refractivity contribution in [2.75, 3.05) is 6.61 Å². The molecular weight excluding hydrogens is 258 g/mol. The van der Waals surface area contributed by atoms with E-state index in [-0.39, 0.29) is 0 Å². The summed E-state index contributed by atoms with van der Waals surface area (Å²) in [4.78, 5) is 0. The third-order valence-electron chi connectivity index (χ3n) is 2.91. The summed E-state index contributed by atoms with van der Waals surface area (Å²) in [6.07, 6.45) is 1.01. The highest BCUT2D eigenvalue weighted by atomic mass is 35.5. The lowest BCUT2D eigenvalue weighted by Gasteiger charge is -2.08. The molecule has 2 N–H and O–H groups in total. The van der Waals surface area contributed by atoms with E-state index in [1.54, 1.807) is 0 Å². The zero-order chi connectivity index (χ0) is 13.7. The van der Waals surface area contributed by atoms with Crippen LogP contribution in [0.4, 0.5) is 0 Å². The summed E-state index contributed by atoms with van der Waals surface area (Å²) in [7, 11) is 0. The fraction of sp³-hybridized carbons (Fsp3) is 0.250. The molecule has 0 amide bonds. The summed E-state index contributed by atoms with van der Waals surface area (Å²) in [5, 5.41) is 0.727. The number of benzene rings is 2. The largest absolute Gasteiger partial charge is 0.494 e. The second-order valence-corrected chi connectivity index (χ2v) is 4.80. The molecule has 0 unspecified atom stereocenters. The van der Waals surface area contributed by atoms with Crippen LogP contribution in [0.2, 0.25) is 5.02 Å². The Balaban J connectivity index is 2.22. The molecule has 0 saturated heterocycles. The Morgan fingerprint density at radius 1 is 1.11 bits per heavy atom. The monoisotopic (exact) mass is 275 g/mol. The number of hydrogen-bond donors (Lipinski definition) is 1. The highest BCUT2D eigenvalue weighted by Crippen LogP contribution is 2.30. The van der Waals surface area contributed by atoms with Crippen LogP contribution in [0, 0.1) is 0 Å². The minimum Gasteiger partial charge on any atom is -0.494 e. The molecule has 100 valence electrons. The van der Waals surface area contributed by atoms with Crippen molar-refractivity contribution in [2.45, 2.75) is 19.9 Å². The Labute approximate surface area is 119 Å². The van der Waals surface area contributed by atoms with Crippen molar-refractivity contribution in [1.29, 1.82) is 0 Å². The first kappa shape index (κ1) is 13.9. The highest BCUT2D eigenvalue weighted by molar-refractivity contribution is 6.33. The van der Waals surface area contributed by atoms with Gasteiger partial charge in [-0.1, -0.05) is 42.8 Å². The van der Waals surface area contributed by atoms with Crippen molar-refractivity contribution in [1.82, 2.24) is 0 Å². The quantitative estimate of drug-likeness (QED) is 0.885. The predicted molar refractivity (Wildman–Crippen MR) is 80.6 cm³/mol. The van der Waals surface area contributed by atoms with Crippen LogP contribution >= 0.6 is 11.6 Å². The van der Waals surface area contributed by atoms with Crippen LogP contribution in [0.5, 0.6) is 5.75 Å². The van der Waals surface area contributed by atoms with E-state index in [9.17, 15) is 0 Å². The van der Waals surface area contributed by atoms with Gasteiger partial charge in [-0.05, 0) is 35.7 Å². The summed E-state index contributed by atoms with van der Waals surface area (Å²) in [6.45, 7) is 3.34. The maximum atomic E-state index is 6.28. The van der Waals surface area contributed by atoms with Gasteiger partial charge < -0.3 is 10.5 Å². The van der Waals surface area contributed by atoms with Crippen LogP contribution < -0.4 is 10.5 Å². The Bertz CT molecular complexity index is 537. The lowest BCUT2D eigenvalue weighted by Crippen LogP contribution is -1.96. The van der Waals surface area contributed by atoms with E-state index in [2.05, 4.69) is 6.92 Å². The first-order chi connectivity index (χ1) is 9.24. The zero-order valence-corrected chi connectivity index (χ0v) is 11.8. The smallest absolute Gasteiger partial charge is 0.119 e. The molecule has 0 atom stereocenters. The molecule has 0 fully saturated rings. The fourth-order valence-electron chi connectivity index (χ4n) is 1.87. The van der Waals surface area contributed by atoms with Crippen LogP contribution in [-0.4, -0.2) is 6.61 Å². The fourth-order valence-corrected chi connectivity index (χ4v) is 2.18. The molecular formula is C16H18ClNO. The van der Waals surface area contributed by atoms with E-state index in [0.29, 0.717) is 6.54 Å². The molecule has 0 radical (unpaired) electrons. The van der Waals surface area contributed by atoms with E-state index < -0.39 is 0 Å². The van der Waals surface area contributed by atoms with Gasteiger partial charge in [-0.3, -0.25) is 0 Å². The Hall–Kier alpha value is -1.51. The molecule has 0 aliphatic carbocycles. The normalized spacial score (nSPS) is 10.5. The predicted octanol–water partition coefficient (Wildman–Crippen LogP) is 4.25. The van der Waals surface area contributed by atoms with Crippen LogP contribution in [-0.2, 0) is 6.54 Å². The third kappa shape index (κ3) is 3.49. The Morgan fingerprint density at radius 3 is 2.42 bits per heavy atom. The number of rotatable bonds is 5. The molecule has 0 spiro atoms. The Morgan fingerprint density at radius 2 is 1.84 bits per heavy atom. The van der Waals surface area contributed by atoms with Gasteiger partial charge >= 0.3 is 0 Å². The maximum Gasteiger partial charge on any atom is 0.119 e. The van der Waals surface area contributed by atoms with Crippen molar-refractivity contribution in [2.24, 2.45) is 5.73 Å². The van der Waals surface area contributed by atoms with Gasteiger partial charge in [0.15, 0.2) is 0 Å². The second kappa shape index (κ2) is 6.60. The molecule has 0 aliphatic heterocycles. The van der Waals surface area contributed by atoms with Crippen LogP contribution in [0.15, 0.2) is 42.5 Å². The first-order valence-electron chi connectivity index (χ1n) is 6.46. The van der Waals surface area contributed by atoms with Gasteiger partial charge in [0.1, 0.15) is 5.75 Å². The summed E-state index contributed by atoms with van der Waals surface area (Å²) >= 11 is 6.28. The van der Waals surface area contributed by atoms with Gasteiger partial charge in [-0.15, -0.1) is 0 Å². The van der Waals surface area contributed by atoms with E-state index in [1.807, 2.05) is 42.5 Å². The van der Waals surface area contributed by atoms with Gasteiger partial charge in [0.2, 0.25) is 0 Å². The summed E-state index contributed by atoms with van der Waals surface area (Å²) in [6, 6.07) is 13.9. The standard InChI is InChI=1S/C16H18ClNO/c1-2-9-19-14-6-4-13(5-7-14)15-8-3-12(11-18)10-16(15)17/h3-8,10H,2,9,11,18H2,1H3. The van der Waals surface area contributed by atoms with Crippen molar-refractivity contribution in [3.05, 3.63) is 53.1 Å². The SMILES string of the molecule is CCCOc1ccc(-c2ccc(CN)cc2Cl)cc1. The minimum absolute atomic E-state index is 0.504. The molecule has 2 aromatic carbocycles. The number of halogens is 1. The van der Waals surface area contributed by atoms with Crippen molar-refractivity contribution in [3.63, 3.8) is 0 Å². The van der Waals surface area contributed by atoms with Crippen LogP contribution in [0.1, 0.15) is 18.9 Å². The Kier molecular flexibility index (Phi) is 4.83. The van der Waals surface area contributed by atoms with Crippen molar-refractivity contribution >= 4 is 11.6 Å². The average Bonchev–Trinajstić information content (AvgIpc) is 2.45. The molecule has 0 saturated carbocycles. The number of ether oxygens (including phenoxy) is 1. The van der Waals surface area contributed by atoms with Crippen LogP contribution in [0.3, 0.4) is 0 Å². The van der Waals surface area contributed by atoms with E-state index in [4.69, 9.17) is 22.1 Å². The van der Waals surface area contributed by atoms with E-state index in [1.165, 1.54) is 0 Å². The van der Waals surface area contributed by atoms with Gasteiger partial charge in [0.05, 0.1) is 6.61 Å². The van der Waals surface area contributed by atoms with Gasteiger partial charge in [-0.25, -0.2) is 0 Å². The minimum atomic E-state index is 0.504. The van der Waals surface area contributed by atoms with Crippen molar-refractivity contribution < 1.29 is 4.74 Å². The molecule has 2 rings (SSSR count). The molecule has 2 nitrogen and oxygen atoms in total. The lowest BCUT2D eigenvalue weighted by atomic mass is 10.0. The molecule has 0 heterocycles. The van der Waals surface area contributed by atoms with Crippen LogP contribution in [0.25, 0.3) is 11.1 Å². The molecule has 0 bridgehead atoms. The highest BCUT2D eigenvalue weighted by Gasteiger charge is 2.04. The number of hydrogen-bond acceptors (Lipinski definition) is 2. The summed E-state index contributed by atoms with van der Waals surface area (Å²) in [5.41, 5.74) is 8.73. The van der Waals surface area contributed by atoms with Gasteiger partial charge in [-0.2, -0.15) is 0 Å². The van der Waals surface area contributed by atoms with Gasteiger partial charge in [0, 0.05) is 17.1 Å². The lowest BCUT2D eigenvalue weighted by molar-refractivity contribution is 0.317. The topological polar surface area (TPSA) is 35.2 Å². The molecule has 0 aromatic heterocycles. The third-order valence-corrected chi connectivity index (χ3v) is 3.22. The first-order valence-corrected chi connectivity index (χ1v) is 6.84. The van der Waals surface area contributed by atoms with Crippen molar-refractivity contribution in [3.8, 4) is 16.9 Å². The van der Waals surface area contributed by atoms with E-state index in [0.717, 1.165) is 40.5 Å². The molecule has 2 aromatic rings. The summed E-state index contributed by atoms with van der Waals surface area (Å²) in [5.74, 6) is 0.889. The molecule has 0 aliphatic rings. The average molecular weight is 276 g/mol. The maximum absolute atomic E-state index is 6.28. The molecule has 19 heavy (non-hydrogen) atoms. The summed E-state index contributed by atoms with van der Waals surface area (Å²) < 4.78 is 5.56. The zero-order valence-electron chi connectivity index (χ0n) is 11.0. The van der Waals surface area contributed by atoms with E-state index >= 15 is 0 Å². The van der Waals surface area contributed by atoms with Gasteiger partial charge in [0.25, 0.3) is 0 Å². The molecule has 3 heteroatoms.